The Morgan fingerprint density at radius 2 is 1.94 bits per heavy atom. The molecule has 3 nitrogen and oxygen atoms in total. The summed E-state index contributed by atoms with van der Waals surface area (Å²) in [4.78, 5) is 13.9. The second-order valence-electron chi connectivity index (χ2n) is 3.96. The summed E-state index contributed by atoms with van der Waals surface area (Å²) < 4.78 is 1.79. The van der Waals surface area contributed by atoms with E-state index in [0.717, 1.165) is 21.9 Å². The van der Waals surface area contributed by atoms with Gasteiger partial charge in [-0.15, -0.1) is 0 Å². The molecule has 1 aliphatic rings. The van der Waals surface area contributed by atoms with Crippen LogP contribution >= 0.6 is 31.9 Å². The van der Waals surface area contributed by atoms with Crippen LogP contribution in [0.3, 0.4) is 0 Å². The van der Waals surface area contributed by atoms with Crippen molar-refractivity contribution in [3.63, 3.8) is 0 Å². The monoisotopic (exact) mass is 346 g/mol. The molecule has 0 spiro atoms. The Morgan fingerprint density at radius 3 is 2.44 bits per heavy atom. The lowest BCUT2D eigenvalue weighted by molar-refractivity contribution is 0.0790. The minimum atomic E-state index is 0.0509. The van der Waals surface area contributed by atoms with Crippen molar-refractivity contribution < 1.29 is 4.79 Å². The Morgan fingerprint density at radius 1 is 1.31 bits per heavy atom. The van der Waals surface area contributed by atoms with Crippen LogP contribution in [0.25, 0.3) is 0 Å². The van der Waals surface area contributed by atoms with Gasteiger partial charge in [0, 0.05) is 33.6 Å². The number of hydrogen-bond acceptors (Lipinski definition) is 2. The Balaban J connectivity index is 2.20. The quantitative estimate of drug-likeness (QED) is 0.847. The Labute approximate surface area is 111 Å². The van der Waals surface area contributed by atoms with Gasteiger partial charge in [0.2, 0.25) is 0 Å². The standard InChI is InChI=1S/C11H12Br2N2O/c12-8-3-7(4-9(13)5-8)11(16)15-2-1-10(14)6-15/h3-5,10H,1-2,6,14H2/t10-/m0/s1. The first-order valence-corrected chi connectivity index (χ1v) is 6.66. The number of carbonyl (C=O) groups excluding carboxylic acids is 1. The van der Waals surface area contributed by atoms with Crippen molar-refractivity contribution in [2.45, 2.75) is 12.5 Å². The molecule has 0 radical (unpaired) electrons. The van der Waals surface area contributed by atoms with E-state index >= 15 is 0 Å². The van der Waals surface area contributed by atoms with Crippen LogP contribution in [-0.2, 0) is 0 Å². The highest BCUT2D eigenvalue weighted by Gasteiger charge is 2.24. The van der Waals surface area contributed by atoms with E-state index in [1.54, 1.807) is 4.90 Å². The smallest absolute Gasteiger partial charge is 0.253 e. The number of halogens is 2. The molecule has 0 aromatic heterocycles. The second-order valence-corrected chi connectivity index (χ2v) is 5.79. The first-order chi connectivity index (χ1) is 7.56. The number of nitrogens with two attached hydrogens (primary N) is 1. The molecule has 1 saturated heterocycles. The van der Waals surface area contributed by atoms with E-state index in [-0.39, 0.29) is 11.9 Å². The third-order valence-corrected chi connectivity index (χ3v) is 3.54. The van der Waals surface area contributed by atoms with Gasteiger partial charge in [0.05, 0.1) is 0 Å². The summed E-state index contributed by atoms with van der Waals surface area (Å²) in [7, 11) is 0. The number of amides is 1. The van der Waals surface area contributed by atoms with Crippen molar-refractivity contribution in [1.29, 1.82) is 0 Å². The van der Waals surface area contributed by atoms with Crippen molar-refractivity contribution in [1.82, 2.24) is 4.90 Å². The zero-order valence-electron chi connectivity index (χ0n) is 8.62. The molecular formula is C11H12Br2N2O. The van der Waals surface area contributed by atoms with Gasteiger partial charge in [0.1, 0.15) is 0 Å². The molecule has 0 aliphatic carbocycles. The van der Waals surface area contributed by atoms with E-state index in [1.165, 1.54) is 0 Å². The largest absolute Gasteiger partial charge is 0.337 e. The maximum absolute atomic E-state index is 12.1. The molecule has 1 atom stereocenters. The van der Waals surface area contributed by atoms with Gasteiger partial charge < -0.3 is 10.6 Å². The molecule has 2 rings (SSSR count). The summed E-state index contributed by atoms with van der Waals surface area (Å²) >= 11 is 6.75. The zero-order valence-corrected chi connectivity index (χ0v) is 11.8. The topological polar surface area (TPSA) is 46.3 Å². The molecule has 1 aromatic rings. The van der Waals surface area contributed by atoms with Gasteiger partial charge in [-0.3, -0.25) is 4.79 Å². The predicted octanol–water partition coefficient (Wildman–Crippen LogP) is 2.38. The molecule has 1 aliphatic heterocycles. The zero-order chi connectivity index (χ0) is 11.7. The van der Waals surface area contributed by atoms with Crippen molar-refractivity contribution in [3.05, 3.63) is 32.7 Å². The summed E-state index contributed by atoms with van der Waals surface area (Å²) in [5.41, 5.74) is 6.48. The van der Waals surface area contributed by atoms with Crippen LogP contribution in [-0.4, -0.2) is 29.9 Å². The Hall–Kier alpha value is -0.390. The lowest BCUT2D eigenvalue weighted by Crippen LogP contribution is -2.31. The third kappa shape index (κ3) is 2.64. The van der Waals surface area contributed by atoms with Crippen molar-refractivity contribution >= 4 is 37.8 Å². The molecule has 1 fully saturated rings. The fourth-order valence-corrected chi connectivity index (χ4v) is 3.13. The summed E-state index contributed by atoms with van der Waals surface area (Å²) in [6.07, 6.45) is 0.890. The summed E-state index contributed by atoms with van der Waals surface area (Å²) in [5.74, 6) is 0.0509. The van der Waals surface area contributed by atoms with E-state index < -0.39 is 0 Å². The van der Waals surface area contributed by atoms with Gasteiger partial charge in [-0.05, 0) is 24.6 Å². The van der Waals surface area contributed by atoms with Gasteiger partial charge in [0.25, 0.3) is 5.91 Å². The molecule has 5 heteroatoms. The number of benzene rings is 1. The summed E-state index contributed by atoms with van der Waals surface area (Å²) in [5, 5.41) is 0. The van der Waals surface area contributed by atoms with Crippen LogP contribution < -0.4 is 5.73 Å². The molecule has 1 amide bonds. The summed E-state index contributed by atoms with van der Waals surface area (Å²) in [6.45, 7) is 1.41. The van der Waals surface area contributed by atoms with E-state index in [4.69, 9.17) is 5.73 Å². The lowest BCUT2D eigenvalue weighted by Gasteiger charge is -2.16. The maximum Gasteiger partial charge on any atom is 0.253 e. The van der Waals surface area contributed by atoms with Gasteiger partial charge in [-0.1, -0.05) is 31.9 Å². The Kier molecular flexibility index (Phi) is 3.66. The molecule has 16 heavy (non-hydrogen) atoms. The molecule has 0 saturated carbocycles. The second kappa shape index (κ2) is 4.85. The van der Waals surface area contributed by atoms with Crippen LogP contribution in [0.4, 0.5) is 0 Å². The van der Waals surface area contributed by atoms with E-state index in [9.17, 15) is 4.79 Å². The van der Waals surface area contributed by atoms with Crippen LogP contribution in [0.2, 0.25) is 0 Å². The first kappa shape index (κ1) is 12.1. The molecule has 0 unspecified atom stereocenters. The minimum absolute atomic E-state index is 0.0509. The predicted molar refractivity (Wildman–Crippen MR) is 70.3 cm³/mol. The van der Waals surface area contributed by atoms with Gasteiger partial charge in [-0.2, -0.15) is 0 Å². The van der Waals surface area contributed by atoms with Gasteiger partial charge in [0.15, 0.2) is 0 Å². The van der Waals surface area contributed by atoms with Crippen molar-refractivity contribution in [3.8, 4) is 0 Å². The number of rotatable bonds is 1. The van der Waals surface area contributed by atoms with Crippen LogP contribution in [0.1, 0.15) is 16.8 Å². The van der Waals surface area contributed by atoms with Crippen LogP contribution in [0.5, 0.6) is 0 Å². The lowest BCUT2D eigenvalue weighted by atomic mass is 10.2. The fraction of sp³-hybridized carbons (Fsp3) is 0.364. The highest BCUT2D eigenvalue weighted by Crippen LogP contribution is 2.22. The SMILES string of the molecule is N[C@H]1CCN(C(=O)c2cc(Br)cc(Br)c2)C1. The average Bonchev–Trinajstić information content (AvgIpc) is 2.62. The maximum atomic E-state index is 12.1. The number of hydrogen-bond donors (Lipinski definition) is 1. The molecule has 2 N–H and O–H groups in total. The van der Waals surface area contributed by atoms with E-state index in [2.05, 4.69) is 31.9 Å². The normalized spacial score (nSPS) is 20.2. The Bertz CT molecular complexity index is 402. The minimum Gasteiger partial charge on any atom is -0.337 e. The molecular weight excluding hydrogens is 336 g/mol. The number of carbonyl (C=O) groups is 1. The highest BCUT2D eigenvalue weighted by atomic mass is 79.9. The van der Waals surface area contributed by atoms with Gasteiger partial charge in [-0.25, -0.2) is 0 Å². The van der Waals surface area contributed by atoms with E-state index in [1.807, 2.05) is 18.2 Å². The molecule has 1 heterocycles. The molecule has 86 valence electrons. The van der Waals surface area contributed by atoms with E-state index in [0.29, 0.717) is 12.1 Å². The molecule has 0 bridgehead atoms. The van der Waals surface area contributed by atoms with Crippen LogP contribution in [0.15, 0.2) is 27.1 Å². The first-order valence-electron chi connectivity index (χ1n) is 5.07. The van der Waals surface area contributed by atoms with Crippen molar-refractivity contribution in [2.24, 2.45) is 5.73 Å². The summed E-state index contributed by atoms with van der Waals surface area (Å²) in [6, 6.07) is 5.69. The van der Waals surface area contributed by atoms with Gasteiger partial charge >= 0.3 is 0 Å². The highest BCUT2D eigenvalue weighted by molar-refractivity contribution is 9.11. The van der Waals surface area contributed by atoms with Crippen molar-refractivity contribution in [2.75, 3.05) is 13.1 Å². The molecule has 1 aromatic carbocycles. The van der Waals surface area contributed by atoms with Crippen LogP contribution in [0, 0.1) is 0 Å². The average molecular weight is 348 g/mol. The third-order valence-electron chi connectivity index (χ3n) is 2.62. The fourth-order valence-electron chi connectivity index (χ4n) is 1.83. The number of nitrogens with zero attached hydrogens (tertiary/aromatic N) is 1. The number of likely N-dealkylation sites (tertiary alicyclic amines) is 1.